The molecule has 3 aromatic heterocycles. The van der Waals surface area contributed by atoms with Crippen LogP contribution in [0.1, 0.15) is 11.6 Å². The van der Waals surface area contributed by atoms with Crippen molar-refractivity contribution in [1.29, 1.82) is 0 Å². The number of fused-ring (bicyclic) bond motifs is 3. The molecular weight excluding hydrogens is 322 g/mol. The molecule has 8 heteroatoms. The second-order valence-electron chi connectivity index (χ2n) is 5.61. The van der Waals surface area contributed by atoms with Crippen LogP contribution in [-0.4, -0.2) is 35.5 Å². The first kappa shape index (κ1) is 15.0. The Hall–Kier alpha value is -3.55. The molecule has 0 aliphatic rings. The van der Waals surface area contributed by atoms with Crippen molar-refractivity contribution in [2.75, 3.05) is 0 Å². The molecule has 1 aromatic carbocycles. The summed E-state index contributed by atoms with van der Waals surface area (Å²) in [6.07, 6.45) is 3.22. The van der Waals surface area contributed by atoms with Gasteiger partial charge < -0.3 is 5.11 Å². The van der Waals surface area contributed by atoms with Crippen LogP contribution in [-0.2, 0) is 11.2 Å². The predicted molar refractivity (Wildman–Crippen MR) is 89.4 cm³/mol. The minimum atomic E-state index is -1.08. The van der Waals surface area contributed by atoms with Gasteiger partial charge in [-0.15, -0.1) is 10.2 Å². The van der Waals surface area contributed by atoms with Gasteiger partial charge in [-0.2, -0.15) is 5.10 Å². The summed E-state index contributed by atoms with van der Waals surface area (Å²) in [5.74, 6) is -1.08. The van der Waals surface area contributed by atoms with E-state index in [0.29, 0.717) is 11.2 Å². The lowest BCUT2D eigenvalue weighted by Crippen LogP contribution is -2.31. The SMILES string of the molecule is O=C(O)[C@H](Cc1ccccc1)n1ccc2c(nnc3ccnn32)c1=O. The van der Waals surface area contributed by atoms with Crippen molar-refractivity contribution in [1.82, 2.24) is 24.4 Å². The number of carboxylic acids is 1. The van der Waals surface area contributed by atoms with Crippen LogP contribution < -0.4 is 5.56 Å². The van der Waals surface area contributed by atoms with Crippen molar-refractivity contribution in [3.63, 3.8) is 0 Å². The van der Waals surface area contributed by atoms with E-state index >= 15 is 0 Å². The Kier molecular flexibility index (Phi) is 3.50. The van der Waals surface area contributed by atoms with Crippen LogP contribution in [0.3, 0.4) is 0 Å². The Morgan fingerprint density at radius 2 is 1.92 bits per heavy atom. The summed E-state index contributed by atoms with van der Waals surface area (Å²) in [6, 6.07) is 11.4. The number of hydrogen-bond donors (Lipinski definition) is 1. The quantitative estimate of drug-likeness (QED) is 0.603. The van der Waals surface area contributed by atoms with Gasteiger partial charge in [0, 0.05) is 18.7 Å². The topological polar surface area (TPSA) is 102 Å². The number of aromatic nitrogens is 5. The van der Waals surface area contributed by atoms with Crippen molar-refractivity contribution in [2.45, 2.75) is 12.5 Å². The first-order valence-electron chi connectivity index (χ1n) is 7.63. The summed E-state index contributed by atoms with van der Waals surface area (Å²) in [5, 5.41) is 21.6. The van der Waals surface area contributed by atoms with Crippen molar-refractivity contribution >= 4 is 22.6 Å². The Balaban J connectivity index is 1.86. The molecular formula is C17H13N5O3. The maximum Gasteiger partial charge on any atom is 0.327 e. The number of rotatable bonds is 4. The van der Waals surface area contributed by atoms with Crippen LogP contribution in [0.4, 0.5) is 0 Å². The third-order valence-electron chi connectivity index (χ3n) is 4.07. The summed E-state index contributed by atoms with van der Waals surface area (Å²) in [5.41, 5.74) is 1.41. The van der Waals surface area contributed by atoms with Crippen LogP contribution in [0.5, 0.6) is 0 Å². The summed E-state index contributed by atoms with van der Waals surface area (Å²) < 4.78 is 2.68. The standard InChI is InChI=1S/C17H13N5O3/c23-16-15-12(22-14(19-20-15)6-8-18-22)7-9-21(16)13(17(24)25)10-11-4-2-1-3-5-11/h1-9,13H,10H2,(H,24,25)/t13-/m0/s1. The molecule has 0 amide bonds. The molecule has 8 nitrogen and oxygen atoms in total. The average molecular weight is 335 g/mol. The van der Waals surface area contributed by atoms with Crippen LogP contribution in [0.2, 0.25) is 0 Å². The van der Waals surface area contributed by atoms with Crippen molar-refractivity contribution < 1.29 is 9.90 Å². The number of benzene rings is 1. The number of nitrogens with zero attached hydrogens (tertiary/aromatic N) is 5. The Morgan fingerprint density at radius 1 is 1.12 bits per heavy atom. The van der Waals surface area contributed by atoms with Gasteiger partial charge in [-0.05, 0) is 11.6 Å². The fourth-order valence-electron chi connectivity index (χ4n) is 2.84. The highest BCUT2D eigenvalue weighted by Crippen LogP contribution is 2.15. The number of pyridine rings is 1. The molecule has 0 fully saturated rings. The number of carboxylic acid groups (broad SMARTS) is 1. The van der Waals surface area contributed by atoms with E-state index in [0.717, 1.165) is 5.56 Å². The molecule has 0 saturated carbocycles. The first-order valence-corrected chi connectivity index (χ1v) is 7.63. The van der Waals surface area contributed by atoms with E-state index < -0.39 is 17.6 Å². The first-order chi connectivity index (χ1) is 12.1. The molecule has 0 unspecified atom stereocenters. The number of aliphatic carboxylic acids is 1. The Morgan fingerprint density at radius 3 is 2.68 bits per heavy atom. The van der Waals surface area contributed by atoms with Gasteiger partial charge in [0.25, 0.3) is 5.56 Å². The van der Waals surface area contributed by atoms with E-state index in [1.54, 1.807) is 18.3 Å². The molecule has 0 aliphatic heterocycles. The van der Waals surface area contributed by atoms with Gasteiger partial charge in [0.05, 0.1) is 6.20 Å². The lowest BCUT2D eigenvalue weighted by atomic mass is 10.1. The number of carbonyl (C=O) groups is 1. The maximum absolute atomic E-state index is 12.8. The summed E-state index contributed by atoms with van der Waals surface area (Å²) in [7, 11) is 0. The van der Waals surface area contributed by atoms with E-state index in [2.05, 4.69) is 15.3 Å². The highest BCUT2D eigenvalue weighted by atomic mass is 16.4. The number of hydrogen-bond acceptors (Lipinski definition) is 5. The van der Waals surface area contributed by atoms with Gasteiger partial charge in [-0.25, -0.2) is 9.31 Å². The van der Waals surface area contributed by atoms with E-state index in [-0.39, 0.29) is 11.9 Å². The third kappa shape index (κ3) is 2.53. The smallest absolute Gasteiger partial charge is 0.327 e. The van der Waals surface area contributed by atoms with E-state index in [4.69, 9.17) is 0 Å². The van der Waals surface area contributed by atoms with E-state index in [9.17, 15) is 14.7 Å². The van der Waals surface area contributed by atoms with Crippen LogP contribution in [0, 0.1) is 0 Å². The fraction of sp³-hybridized carbons (Fsp3) is 0.118. The van der Waals surface area contributed by atoms with E-state index in [1.807, 2.05) is 30.3 Å². The molecule has 1 N–H and O–H groups in total. The van der Waals surface area contributed by atoms with Crippen LogP contribution >= 0.6 is 0 Å². The zero-order chi connectivity index (χ0) is 17.4. The molecule has 3 heterocycles. The molecule has 124 valence electrons. The second kappa shape index (κ2) is 5.82. The lowest BCUT2D eigenvalue weighted by molar-refractivity contribution is -0.141. The monoisotopic (exact) mass is 335 g/mol. The maximum atomic E-state index is 12.8. The minimum absolute atomic E-state index is 0.0815. The summed E-state index contributed by atoms with van der Waals surface area (Å²) in [6.45, 7) is 0. The molecule has 0 saturated heterocycles. The Bertz CT molecular complexity index is 1130. The third-order valence-corrected chi connectivity index (χ3v) is 4.07. The van der Waals surface area contributed by atoms with Crippen LogP contribution in [0.25, 0.3) is 16.7 Å². The van der Waals surface area contributed by atoms with Crippen molar-refractivity contribution in [3.05, 3.63) is 70.8 Å². The molecule has 0 bridgehead atoms. The van der Waals surface area contributed by atoms with Gasteiger partial charge >= 0.3 is 5.97 Å². The Labute approximate surface area is 141 Å². The van der Waals surface area contributed by atoms with Crippen molar-refractivity contribution in [3.8, 4) is 0 Å². The highest BCUT2D eigenvalue weighted by molar-refractivity contribution is 5.76. The molecule has 4 aromatic rings. The molecule has 0 spiro atoms. The highest BCUT2D eigenvalue weighted by Gasteiger charge is 2.23. The summed E-state index contributed by atoms with van der Waals surface area (Å²) in [4.78, 5) is 24.5. The van der Waals surface area contributed by atoms with Gasteiger partial charge in [0.15, 0.2) is 11.2 Å². The molecule has 4 rings (SSSR count). The zero-order valence-corrected chi connectivity index (χ0v) is 13.0. The van der Waals surface area contributed by atoms with Gasteiger partial charge in [0.2, 0.25) is 0 Å². The molecule has 0 aliphatic carbocycles. The van der Waals surface area contributed by atoms with Gasteiger partial charge in [-0.3, -0.25) is 9.36 Å². The lowest BCUT2D eigenvalue weighted by Gasteiger charge is -2.16. The largest absolute Gasteiger partial charge is 0.480 e. The zero-order valence-electron chi connectivity index (χ0n) is 13.0. The minimum Gasteiger partial charge on any atom is -0.480 e. The predicted octanol–water partition coefficient (Wildman–Crippen LogP) is 1.31. The molecule has 0 radical (unpaired) electrons. The fourth-order valence-corrected chi connectivity index (χ4v) is 2.84. The second-order valence-corrected chi connectivity index (χ2v) is 5.61. The molecule has 25 heavy (non-hydrogen) atoms. The van der Waals surface area contributed by atoms with E-state index in [1.165, 1.54) is 15.3 Å². The van der Waals surface area contributed by atoms with Crippen LogP contribution in [0.15, 0.2) is 59.7 Å². The average Bonchev–Trinajstić information content (AvgIpc) is 3.10. The normalized spacial score (nSPS) is 12.5. The molecule has 1 atom stereocenters. The van der Waals surface area contributed by atoms with Crippen molar-refractivity contribution in [2.24, 2.45) is 0 Å². The van der Waals surface area contributed by atoms with Gasteiger partial charge in [-0.1, -0.05) is 30.3 Å². The summed E-state index contributed by atoms with van der Waals surface area (Å²) >= 11 is 0. The van der Waals surface area contributed by atoms with Gasteiger partial charge in [0.1, 0.15) is 11.6 Å².